The molecular weight excluding hydrogens is 228 g/mol. The predicted octanol–water partition coefficient (Wildman–Crippen LogP) is 4.21. The number of thiophene rings is 1. The van der Waals surface area contributed by atoms with E-state index in [0.717, 1.165) is 11.4 Å². The van der Waals surface area contributed by atoms with E-state index in [9.17, 15) is 0 Å². The summed E-state index contributed by atoms with van der Waals surface area (Å²) in [6, 6.07) is 10.3. The summed E-state index contributed by atoms with van der Waals surface area (Å²) in [7, 11) is 0. The van der Waals surface area contributed by atoms with Crippen LogP contribution >= 0.6 is 11.3 Å². The minimum atomic E-state index is 0.0161. The van der Waals surface area contributed by atoms with Gasteiger partial charge in [0.1, 0.15) is 0 Å². The minimum absolute atomic E-state index is 0.0161. The number of rotatable bonds is 2. The Morgan fingerprint density at radius 2 is 1.94 bits per heavy atom. The molecule has 1 aromatic heterocycles. The maximum Gasteiger partial charge on any atom is 0.0584 e. The van der Waals surface area contributed by atoms with Crippen molar-refractivity contribution in [3.63, 3.8) is 0 Å². The van der Waals surface area contributed by atoms with Gasteiger partial charge in [0, 0.05) is 10.4 Å². The van der Waals surface area contributed by atoms with Gasteiger partial charge in [0.2, 0.25) is 0 Å². The van der Waals surface area contributed by atoms with Crippen molar-refractivity contribution < 1.29 is 0 Å². The van der Waals surface area contributed by atoms with Crippen molar-refractivity contribution in [3.05, 3.63) is 35.7 Å². The number of hydrogen-bond acceptors (Lipinski definition) is 3. The SMILES string of the molecule is CC(C)(C)Nc1cc(-c2cccs2)ccc1N. The summed E-state index contributed by atoms with van der Waals surface area (Å²) in [6.07, 6.45) is 0. The molecule has 0 radical (unpaired) electrons. The Labute approximate surface area is 106 Å². The Hall–Kier alpha value is -1.48. The van der Waals surface area contributed by atoms with Gasteiger partial charge < -0.3 is 11.1 Å². The average molecular weight is 246 g/mol. The van der Waals surface area contributed by atoms with Crippen LogP contribution in [-0.4, -0.2) is 5.54 Å². The molecule has 3 N–H and O–H groups in total. The van der Waals surface area contributed by atoms with Crippen LogP contribution in [0.4, 0.5) is 11.4 Å². The summed E-state index contributed by atoms with van der Waals surface area (Å²) in [5.41, 5.74) is 9.01. The van der Waals surface area contributed by atoms with Crippen LogP contribution < -0.4 is 11.1 Å². The molecule has 0 spiro atoms. The van der Waals surface area contributed by atoms with Gasteiger partial charge in [-0.3, -0.25) is 0 Å². The smallest absolute Gasteiger partial charge is 0.0584 e. The van der Waals surface area contributed by atoms with E-state index < -0.39 is 0 Å². The van der Waals surface area contributed by atoms with E-state index in [1.165, 1.54) is 10.4 Å². The first-order valence-electron chi connectivity index (χ1n) is 5.67. The van der Waals surface area contributed by atoms with Crippen molar-refractivity contribution in [2.24, 2.45) is 0 Å². The van der Waals surface area contributed by atoms with Crippen molar-refractivity contribution in [2.75, 3.05) is 11.1 Å². The van der Waals surface area contributed by atoms with Crippen molar-refractivity contribution in [3.8, 4) is 10.4 Å². The monoisotopic (exact) mass is 246 g/mol. The third kappa shape index (κ3) is 3.01. The van der Waals surface area contributed by atoms with Crippen LogP contribution in [0.15, 0.2) is 35.7 Å². The van der Waals surface area contributed by atoms with Crippen LogP contribution in [0.5, 0.6) is 0 Å². The van der Waals surface area contributed by atoms with E-state index >= 15 is 0 Å². The van der Waals surface area contributed by atoms with E-state index in [1.807, 2.05) is 6.07 Å². The highest BCUT2D eigenvalue weighted by molar-refractivity contribution is 7.13. The summed E-state index contributed by atoms with van der Waals surface area (Å²) < 4.78 is 0. The number of anilines is 2. The molecule has 17 heavy (non-hydrogen) atoms. The van der Waals surface area contributed by atoms with E-state index in [1.54, 1.807) is 11.3 Å². The highest BCUT2D eigenvalue weighted by Crippen LogP contribution is 2.31. The molecule has 3 heteroatoms. The number of hydrogen-bond donors (Lipinski definition) is 2. The molecule has 0 aliphatic heterocycles. The van der Waals surface area contributed by atoms with Crippen molar-refractivity contribution in [2.45, 2.75) is 26.3 Å². The zero-order valence-corrected chi connectivity index (χ0v) is 11.3. The van der Waals surface area contributed by atoms with Gasteiger partial charge >= 0.3 is 0 Å². The molecule has 1 heterocycles. The molecule has 2 aromatic rings. The largest absolute Gasteiger partial charge is 0.397 e. The Kier molecular flexibility index (Phi) is 3.11. The van der Waals surface area contributed by atoms with Crippen LogP contribution in [0.3, 0.4) is 0 Å². The lowest BCUT2D eigenvalue weighted by atomic mass is 10.1. The first kappa shape index (κ1) is 12.0. The molecule has 0 unspecified atom stereocenters. The van der Waals surface area contributed by atoms with Crippen LogP contribution in [0.2, 0.25) is 0 Å². The Morgan fingerprint density at radius 1 is 1.18 bits per heavy atom. The topological polar surface area (TPSA) is 38.0 Å². The molecule has 0 aliphatic rings. The normalized spacial score (nSPS) is 11.5. The van der Waals surface area contributed by atoms with Crippen molar-refractivity contribution in [1.29, 1.82) is 0 Å². The molecule has 2 rings (SSSR count). The fraction of sp³-hybridized carbons (Fsp3) is 0.286. The van der Waals surface area contributed by atoms with Gasteiger partial charge in [-0.1, -0.05) is 12.1 Å². The summed E-state index contributed by atoms with van der Waals surface area (Å²) in [6.45, 7) is 6.39. The minimum Gasteiger partial charge on any atom is -0.397 e. The molecule has 0 amide bonds. The zero-order chi connectivity index (χ0) is 12.5. The quantitative estimate of drug-likeness (QED) is 0.779. The Bertz CT molecular complexity index is 495. The number of nitrogen functional groups attached to an aromatic ring is 1. The van der Waals surface area contributed by atoms with E-state index in [0.29, 0.717) is 0 Å². The summed E-state index contributed by atoms with van der Waals surface area (Å²) in [5, 5.41) is 5.52. The van der Waals surface area contributed by atoms with E-state index in [2.05, 4.69) is 55.7 Å². The van der Waals surface area contributed by atoms with Gasteiger partial charge in [-0.15, -0.1) is 11.3 Å². The second-order valence-electron chi connectivity index (χ2n) is 5.15. The molecule has 0 saturated carbocycles. The molecule has 0 aliphatic carbocycles. The first-order chi connectivity index (χ1) is 7.96. The Balaban J connectivity index is 2.36. The third-order valence-corrected chi connectivity index (χ3v) is 3.29. The van der Waals surface area contributed by atoms with Crippen LogP contribution in [0.1, 0.15) is 20.8 Å². The molecule has 0 saturated heterocycles. The van der Waals surface area contributed by atoms with Gasteiger partial charge in [-0.05, 0) is 49.9 Å². The highest BCUT2D eigenvalue weighted by atomic mass is 32.1. The highest BCUT2D eigenvalue weighted by Gasteiger charge is 2.12. The third-order valence-electron chi connectivity index (χ3n) is 2.37. The zero-order valence-electron chi connectivity index (χ0n) is 10.4. The van der Waals surface area contributed by atoms with Gasteiger partial charge in [-0.2, -0.15) is 0 Å². The fourth-order valence-corrected chi connectivity index (χ4v) is 2.39. The second kappa shape index (κ2) is 4.41. The number of nitrogens with two attached hydrogens (primary N) is 1. The number of benzene rings is 1. The lowest BCUT2D eigenvalue weighted by Crippen LogP contribution is -2.26. The van der Waals surface area contributed by atoms with Crippen LogP contribution in [0.25, 0.3) is 10.4 Å². The molecule has 1 aromatic carbocycles. The Morgan fingerprint density at radius 3 is 2.53 bits per heavy atom. The van der Waals surface area contributed by atoms with Crippen LogP contribution in [-0.2, 0) is 0 Å². The predicted molar refractivity (Wildman–Crippen MR) is 77.5 cm³/mol. The maximum atomic E-state index is 5.99. The summed E-state index contributed by atoms with van der Waals surface area (Å²) >= 11 is 1.74. The average Bonchev–Trinajstić information content (AvgIpc) is 2.72. The summed E-state index contributed by atoms with van der Waals surface area (Å²) in [5.74, 6) is 0. The lowest BCUT2D eigenvalue weighted by molar-refractivity contribution is 0.634. The van der Waals surface area contributed by atoms with Gasteiger partial charge in [-0.25, -0.2) is 0 Å². The fourth-order valence-electron chi connectivity index (χ4n) is 1.66. The van der Waals surface area contributed by atoms with Gasteiger partial charge in [0.05, 0.1) is 11.4 Å². The van der Waals surface area contributed by atoms with Gasteiger partial charge in [0.15, 0.2) is 0 Å². The van der Waals surface area contributed by atoms with E-state index in [4.69, 9.17) is 5.73 Å². The number of nitrogens with one attached hydrogen (secondary N) is 1. The molecule has 0 bridgehead atoms. The first-order valence-corrected chi connectivity index (χ1v) is 6.55. The standard InChI is InChI=1S/C14H18N2S/c1-14(2,3)16-12-9-10(6-7-11(12)15)13-5-4-8-17-13/h4-9,16H,15H2,1-3H3. The van der Waals surface area contributed by atoms with Gasteiger partial charge in [0.25, 0.3) is 0 Å². The molecule has 2 nitrogen and oxygen atoms in total. The van der Waals surface area contributed by atoms with E-state index in [-0.39, 0.29) is 5.54 Å². The van der Waals surface area contributed by atoms with Crippen molar-refractivity contribution in [1.82, 2.24) is 0 Å². The second-order valence-corrected chi connectivity index (χ2v) is 6.10. The molecular formula is C14H18N2S. The maximum absolute atomic E-state index is 5.99. The molecule has 0 fully saturated rings. The van der Waals surface area contributed by atoms with Crippen molar-refractivity contribution >= 4 is 22.7 Å². The summed E-state index contributed by atoms with van der Waals surface area (Å²) in [4.78, 5) is 1.27. The van der Waals surface area contributed by atoms with Crippen LogP contribution in [0, 0.1) is 0 Å². The molecule has 90 valence electrons. The molecule has 0 atom stereocenters. The lowest BCUT2D eigenvalue weighted by Gasteiger charge is -2.23.